The minimum absolute atomic E-state index is 0.0834. The molecule has 0 saturated carbocycles. The molecule has 1 aromatic heterocycles. The zero-order chi connectivity index (χ0) is 24.2. The predicted octanol–water partition coefficient (Wildman–Crippen LogP) is 1.26. The van der Waals surface area contributed by atoms with Gasteiger partial charge in [0.1, 0.15) is 17.6 Å². The van der Waals surface area contributed by atoms with Gasteiger partial charge in [0.15, 0.2) is 0 Å². The number of pyridine rings is 1. The Morgan fingerprint density at radius 3 is 2.29 bits per heavy atom. The van der Waals surface area contributed by atoms with E-state index in [1.54, 1.807) is 43.3 Å². The van der Waals surface area contributed by atoms with Crippen LogP contribution in [-0.4, -0.2) is 112 Å². The lowest BCUT2D eigenvalue weighted by molar-refractivity contribution is -0.133. The molecule has 9 heteroatoms. The first-order chi connectivity index (χ1) is 16.4. The first kappa shape index (κ1) is 23.8. The number of carbonyl (C=O) groups is 2. The lowest BCUT2D eigenvalue weighted by atomic mass is 10.1. The van der Waals surface area contributed by atoms with Crippen molar-refractivity contribution in [1.29, 1.82) is 0 Å². The number of likely N-dealkylation sites (N-methyl/N-ethyl adjacent to an activating group) is 2. The highest BCUT2D eigenvalue weighted by Gasteiger charge is 2.37. The van der Waals surface area contributed by atoms with Crippen LogP contribution in [0.5, 0.6) is 5.75 Å². The summed E-state index contributed by atoms with van der Waals surface area (Å²) in [5, 5.41) is 0. The molecule has 2 amide bonds. The summed E-state index contributed by atoms with van der Waals surface area (Å²) in [6, 6.07) is 10.8. The summed E-state index contributed by atoms with van der Waals surface area (Å²) in [6.45, 7) is 5.23. The SMILES string of the molecule is COc1ccc(N2CCN(C(=O)c3ccnc(N4CCN(C)CC4)c3)[C@@H](C(=O)N(C)C)C2)cc1. The first-order valence-corrected chi connectivity index (χ1v) is 11.7. The Bertz CT molecular complexity index is 1000. The monoisotopic (exact) mass is 466 g/mol. The van der Waals surface area contributed by atoms with Gasteiger partial charge in [-0.05, 0) is 43.4 Å². The Kier molecular flexibility index (Phi) is 7.21. The van der Waals surface area contributed by atoms with Gasteiger partial charge >= 0.3 is 0 Å². The lowest BCUT2D eigenvalue weighted by Crippen LogP contribution is -2.60. The van der Waals surface area contributed by atoms with Crippen molar-refractivity contribution in [2.45, 2.75) is 6.04 Å². The summed E-state index contributed by atoms with van der Waals surface area (Å²) in [7, 11) is 7.21. The van der Waals surface area contributed by atoms with E-state index in [-0.39, 0.29) is 11.8 Å². The van der Waals surface area contributed by atoms with E-state index in [1.165, 1.54) is 0 Å². The van der Waals surface area contributed by atoms with E-state index in [0.717, 1.165) is 43.4 Å². The molecule has 2 aliphatic rings. The van der Waals surface area contributed by atoms with E-state index in [1.807, 2.05) is 30.3 Å². The maximum absolute atomic E-state index is 13.6. The molecule has 2 aromatic rings. The Morgan fingerprint density at radius 2 is 1.65 bits per heavy atom. The summed E-state index contributed by atoms with van der Waals surface area (Å²) in [6.07, 6.45) is 1.69. The molecule has 2 saturated heterocycles. The van der Waals surface area contributed by atoms with Gasteiger partial charge in [-0.2, -0.15) is 0 Å². The smallest absolute Gasteiger partial charge is 0.254 e. The fraction of sp³-hybridized carbons (Fsp3) is 0.480. The molecular formula is C25H34N6O3. The van der Waals surface area contributed by atoms with Gasteiger partial charge in [0.05, 0.1) is 7.11 Å². The molecule has 2 aliphatic heterocycles. The number of carbonyl (C=O) groups excluding carboxylic acids is 2. The number of anilines is 2. The number of piperazine rings is 2. The molecule has 0 radical (unpaired) electrons. The van der Waals surface area contributed by atoms with E-state index >= 15 is 0 Å². The highest BCUT2D eigenvalue weighted by Crippen LogP contribution is 2.25. The number of amides is 2. The summed E-state index contributed by atoms with van der Waals surface area (Å²) < 4.78 is 5.26. The third kappa shape index (κ3) is 5.09. The summed E-state index contributed by atoms with van der Waals surface area (Å²) in [4.78, 5) is 41.2. The van der Waals surface area contributed by atoms with Crippen molar-refractivity contribution in [3.63, 3.8) is 0 Å². The van der Waals surface area contributed by atoms with Crippen LogP contribution in [0.3, 0.4) is 0 Å². The molecule has 0 aliphatic carbocycles. The highest BCUT2D eigenvalue weighted by molar-refractivity contribution is 5.98. The normalized spacial score (nSPS) is 19.2. The second-order valence-corrected chi connectivity index (χ2v) is 9.08. The molecule has 3 heterocycles. The largest absolute Gasteiger partial charge is 0.497 e. The van der Waals surface area contributed by atoms with Crippen LogP contribution in [0.25, 0.3) is 0 Å². The van der Waals surface area contributed by atoms with E-state index in [2.05, 4.69) is 26.7 Å². The van der Waals surface area contributed by atoms with Gasteiger partial charge in [0.25, 0.3) is 5.91 Å². The summed E-state index contributed by atoms with van der Waals surface area (Å²) in [5.41, 5.74) is 1.57. The Balaban J connectivity index is 1.54. The van der Waals surface area contributed by atoms with Crippen molar-refractivity contribution in [3.05, 3.63) is 48.2 Å². The van der Waals surface area contributed by atoms with Crippen LogP contribution in [0.1, 0.15) is 10.4 Å². The number of nitrogens with zero attached hydrogens (tertiary/aromatic N) is 6. The molecule has 4 rings (SSSR count). The van der Waals surface area contributed by atoms with Gasteiger partial charge in [0, 0.05) is 77.4 Å². The Hall–Kier alpha value is -3.33. The highest BCUT2D eigenvalue weighted by atomic mass is 16.5. The molecule has 1 aromatic carbocycles. The molecule has 0 N–H and O–H groups in total. The van der Waals surface area contributed by atoms with E-state index in [0.29, 0.717) is 25.2 Å². The van der Waals surface area contributed by atoms with Crippen molar-refractivity contribution in [3.8, 4) is 5.75 Å². The fourth-order valence-corrected chi connectivity index (χ4v) is 4.49. The Labute approximate surface area is 201 Å². The van der Waals surface area contributed by atoms with Gasteiger partial charge in [-0.3, -0.25) is 9.59 Å². The van der Waals surface area contributed by atoms with Gasteiger partial charge in [0.2, 0.25) is 5.91 Å². The third-order valence-corrected chi connectivity index (χ3v) is 6.62. The van der Waals surface area contributed by atoms with E-state index < -0.39 is 6.04 Å². The van der Waals surface area contributed by atoms with Crippen molar-refractivity contribution < 1.29 is 14.3 Å². The molecule has 0 spiro atoms. The standard InChI is InChI=1S/C25H34N6O3/c1-27(2)25(33)22-18-30(20-5-7-21(34-4)8-6-20)15-16-31(22)24(32)19-9-10-26-23(17-19)29-13-11-28(3)12-14-29/h5-10,17,22H,11-16,18H2,1-4H3/t22-/m1/s1. The summed E-state index contributed by atoms with van der Waals surface area (Å²) in [5.74, 6) is 1.38. The van der Waals surface area contributed by atoms with Crippen LogP contribution in [0.4, 0.5) is 11.5 Å². The summed E-state index contributed by atoms with van der Waals surface area (Å²) >= 11 is 0. The van der Waals surface area contributed by atoms with Gasteiger partial charge in [-0.25, -0.2) is 4.98 Å². The van der Waals surface area contributed by atoms with Gasteiger partial charge in [-0.15, -0.1) is 0 Å². The van der Waals surface area contributed by atoms with Crippen molar-refractivity contribution in [2.75, 3.05) is 83.9 Å². The molecule has 0 bridgehead atoms. The molecule has 9 nitrogen and oxygen atoms in total. The maximum Gasteiger partial charge on any atom is 0.254 e. The number of methoxy groups -OCH3 is 1. The number of benzene rings is 1. The minimum Gasteiger partial charge on any atom is -0.497 e. The molecule has 0 unspecified atom stereocenters. The van der Waals surface area contributed by atoms with E-state index in [4.69, 9.17) is 4.74 Å². The Morgan fingerprint density at radius 1 is 0.971 bits per heavy atom. The van der Waals surface area contributed by atoms with Crippen LogP contribution >= 0.6 is 0 Å². The zero-order valence-electron chi connectivity index (χ0n) is 20.5. The van der Waals surface area contributed by atoms with Crippen LogP contribution < -0.4 is 14.5 Å². The van der Waals surface area contributed by atoms with Crippen molar-refractivity contribution in [2.24, 2.45) is 0 Å². The van der Waals surface area contributed by atoms with Crippen molar-refractivity contribution >= 4 is 23.3 Å². The quantitative estimate of drug-likeness (QED) is 0.657. The minimum atomic E-state index is -0.571. The number of hydrogen-bond donors (Lipinski definition) is 0. The molecular weight excluding hydrogens is 432 g/mol. The first-order valence-electron chi connectivity index (χ1n) is 11.7. The van der Waals surface area contributed by atoms with Crippen LogP contribution in [0.15, 0.2) is 42.6 Å². The van der Waals surface area contributed by atoms with Gasteiger partial charge < -0.3 is 29.2 Å². The topological polar surface area (TPSA) is 72.5 Å². The molecule has 2 fully saturated rings. The van der Waals surface area contributed by atoms with Crippen molar-refractivity contribution in [1.82, 2.24) is 19.7 Å². The zero-order valence-corrected chi connectivity index (χ0v) is 20.5. The third-order valence-electron chi connectivity index (χ3n) is 6.62. The maximum atomic E-state index is 13.6. The molecule has 34 heavy (non-hydrogen) atoms. The predicted molar refractivity (Wildman–Crippen MR) is 133 cm³/mol. The number of aromatic nitrogens is 1. The van der Waals surface area contributed by atoms with Crippen LogP contribution in [0.2, 0.25) is 0 Å². The number of ether oxygens (including phenoxy) is 1. The lowest BCUT2D eigenvalue weighted by Gasteiger charge is -2.42. The number of hydrogen-bond acceptors (Lipinski definition) is 7. The average molecular weight is 467 g/mol. The second-order valence-electron chi connectivity index (χ2n) is 9.08. The molecule has 1 atom stereocenters. The number of rotatable bonds is 5. The van der Waals surface area contributed by atoms with Crippen LogP contribution in [0, 0.1) is 0 Å². The fourth-order valence-electron chi connectivity index (χ4n) is 4.49. The van der Waals surface area contributed by atoms with Crippen LogP contribution in [-0.2, 0) is 4.79 Å². The average Bonchev–Trinajstić information content (AvgIpc) is 2.88. The second kappa shape index (κ2) is 10.3. The van der Waals surface area contributed by atoms with E-state index in [9.17, 15) is 9.59 Å². The molecule has 182 valence electrons. The van der Waals surface area contributed by atoms with Gasteiger partial charge in [-0.1, -0.05) is 0 Å².